The molecule has 0 aliphatic carbocycles. The minimum atomic E-state index is -4.65. The Morgan fingerprint density at radius 1 is 1.44 bits per heavy atom. The van der Waals surface area contributed by atoms with Crippen molar-refractivity contribution in [2.45, 2.75) is 20.0 Å². The molecule has 7 heteroatoms. The molecule has 1 rings (SSSR count). The van der Waals surface area contributed by atoms with E-state index in [-0.39, 0.29) is 12.3 Å². The summed E-state index contributed by atoms with van der Waals surface area (Å²) in [6.45, 7) is 2.83. The summed E-state index contributed by atoms with van der Waals surface area (Å²) < 4.78 is 42.1. The van der Waals surface area contributed by atoms with Gasteiger partial charge in [-0.1, -0.05) is 0 Å². The van der Waals surface area contributed by atoms with E-state index in [0.29, 0.717) is 0 Å². The van der Waals surface area contributed by atoms with Gasteiger partial charge in [0.1, 0.15) is 0 Å². The van der Waals surface area contributed by atoms with Gasteiger partial charge in [0.2, 0.25) is 0 Å². The Bertz CT molecular complexity index is 404. The highest BCUT2D eigenvalue weighted by Crippen LogP contribution is 2.31. The van der Waals surface area contributed by atoms with E-state index < -0.39 is 23.4 Å². The average Bonchev–Trinajstić information content (AvgIpc) is 2.16. The van der Waals surface area contributed by atoms with Gasteiger partial charge in [-0.25, -0.2) is 4.79 Å². The smallest absolute Gasteiger partial charge is 0.418 e. The maximum absolute atomic E-state index is 12.6. The van der Waals surface area contributed by atoms with E-state index in [0.717, 1.165) is 6.07 Å². The van der Waals surface area contributed by atoms with Crippen molar-refractivity contribution in [3.8, 4) is 0 Å². The van der Waals surface area contributed by atoms with Crippen LogP contribution in [0.4, 0.5) is 13.2 Å². The van der Waals surface area contributed by atoms with E-state index in [1.165, 1.54) is 13.8 Å². The second-order valence-electron chi connectivity index (χ2n) is 2.97. The molecule has 0 atom stereocenters. The minimum Gasteiger partial charge on any atom is -0.461 e. The van der Waals surface area contributed by atoms with Crippen LogP contribution in [0.15, 0.2) is 6.07 Å². The number of esters is 1. The topological polar surface area (TPSA) is 52.1 Å². The normalized spacial score (nSPS) is 11.3. The zero-order valence-electron chi connectivity index (χ0n) is 8.63. The lowest BCUT2D eigenvalue weighted by Gasteiger charge is -2.10. The maximum Gasteiger partial charge on any atom is 0.418 e. The summed E-state index contributed by atoms with van der Waals surface area (Å²) in [7, 11) is 0. The Hall–Kier alpha value is -1.66. The van der Waals surface area contributed by atoms with Gasteiger partial charge in [-0.2, -0.15) is 18.3 Å². The van der Waals surface area contributed by atoms with Crippen LogP contribution in [0.1, 0.15) is 28.7 Å². The van der Waals surface area contributed by atoms with Crippen LogP contribution < -0.4 is 0 Å². The first-order chi connectivity index (χ1) is 7.36. The number of carbonyl (C=O) groups is 1. The second kappa shape index (κ2) is 4.46. The molecule has 1 heterocycles. The highest BCUT2D eigenvalue weighted by Gasteiger charge is 2.37. The van der Waals surface area contributed by atoms with E-state index >= 15 is 0 Å². The summed E-state index contributed by atoms with van der Waals surface area (Å²) in [5.74, 6) is -1.12. The Kier molecular flexibility index (Phi) is 3.46. The third-order valence-electron chi connectivity index (χ3n) is 1.69. The molecule has 0 bridgehead atoms. The fraction of sp³-hybridized carbons (Fsp3) is 0.444. The zero-order valence-corrected chi connectivity index (χ0v) is 8.63. The first-order valence-electron chi connectivity index (χ1n) is 4.45. The van der Waals surface area contributed by atoms with Crippen molar-refractivity contribution in [3.05, 3.63) is 23.0 Å². The van der Waals surface area contributed by atoms with Crippen LogP contribution in [-0.2, 0) is 10.9 Å². The van der Waals surface area contributed by atoms with E-state index in [1.807, 2.05) is 0 Å². The number of carbonyl (C=O) groups excluding carboxylic acids is 1. The summed E-state index contributed by atoms with van der Waals surface area (Å²) in [4.78, 5) is 11.2. The third-order valence-corrected chi connectivity index (χ3v) is 1.69. The SMILES string of the molecule is CCOC(=O)c1nnc(C)cc1C(F)(F)F. The van der Waals surface area contributed by atoms with E-state index in [9.17, 15) is 18.0 Å². The lowest BCUT2D eigenvalue weighted by molar-refractivity contribution is -0.138. The molecular weight excluding hydrogens is 225 g/mol. The van der Waals surface area contributed by atoms with Gasteiger partial charge in [0.15, 0.2) is 5.69 Å². The Morgan fingerprint density at radius 3 is 2.56 bits per heavy atom. The van der Waals surface area contributed by atoms with Gasteiger partial charge >= 0.3 is 12.1 Å². The molecule has 88 valence electrons. The largest absolute Gasteiger partial charge is 0.461 e. The van der Waals surface area contributed by atoms with Crippen LogP contribution in [0.3, 0.4) is 0 Å². The number of aryl methyl sites for hydroxylation is 1. The van der Waals surface area contributed by atoms with Crippen molar-refractivity contribution < 1.29 is 22.7 Å². The van der Waals surface area contributed by atoms with E-state index in [1.54, 1.807) is 0 Å². The molecule has 0 saturated heterocycles. The van der Waals surface area contributed by atoms with Crippen molar-refractivity contribution in [1.82, 2.24) is 10.2 Å². The summed E-state index contributed by atoms with van der Waals surface area (Å²) in [5.41, 5.74) is -1.85. The monoisotopic (exact) mass is 234 g/mol. The fourth-order valence-corrected chi connectivity index (χ4v) is 1.06. The highest BCUT2D eigenvalue weighted by molar-refractivity contribution is 5.88. The summed E-state index contributed by atoms with van der Waals surface area (Å²) in [6.07, 6.45) is -4.65. The van der Waals surface area contributed by atoms with Gasteiger partial charge in [-0.15, -0.1) is 5.10 Å². The highest BCUT2D eigenvalue weighted by atomic mass is 19.4. The molecule has 1 aromatic rings. The second-order valence-corrected chi connectivity index (χ2v) is 2.97. The molecule has 16 heavy (non-hydrogen) atoms. The van der Waals surface area contributed by atoms with Crippen molar-refractivity contribution in [3.63, 3.8) is 0 Å². The number of nitrogens with zero attached hydrogens (tertiary/aromatic N) is 2. The molecular formula is C9H9F3N2O2. The number of hydrogen-bond donors (Lipinski definition) is 0. The van der Waals surface area contributed by atoms with E-state index in [4.69, 9.17) is 0 Å². The number of halogens is 3. The van der Waals surface area contributed by atoms with Crippen molar-refractivity contribution in [2.24, 2.45) is 0 Å². The van der Waals surface area contributed by atoms with Crippen LogP contribution >= 0.6 is 0 Å². The van der Waals surface area contributed by atoms with Gasteiger partial charge < -0.3 is 4.74 Å². The average molecular weight is 234 g/mol. The zero-order chi connectivity index (χ0) is 12.3. The fourth-order valence-electron chi connectivity index (χ4n) is 1.06. The molecule has 1 aromatic heterocycles. The molecule has 0 aliphatic rings. The predicted octanol–water partition coefficient (Wildman–Crippen LogP) is 1.98. The van der Waals surface area contributed by atoms with Gasteiger partial charge in [-0.3, -0.25) is 0 Å². The maximum atomic E-state index is 12.6. The molecule has 0 saturated carbocycles. The van der Waals surface area contributed by atoms with Gasteiger partial charge in [-0.05, 0) is 19.9 Å². The van der Waals surface area contributed by atoms with Crippen molar-refractivity contribution in [2.75, 3.05) is 6.61 Å². The first-order valence-corrected chi connectivity index (χ1v) is 4.45. The summed E-state index contributed by atoms with van der Waals surface area (Å²) in [5, 5.41) is 6.62. The van der Waals surface area contributed by atoms with Crippen LogP contribution in [0.5, 0.6) is 0 Å². The lowest BCUT2D eigenvalue weighted by atomic mass is 10.2. The van der Waals surface area contributed by atoms with Gasteiger partial charge in [0.25, 0.3) is 0 Å². The number of aromatic nitrogens is 2. The molecule has 0 amide bonds. The Labute approximate surface area is 89.4 Å². The molecule has 0 N–H and O–H groups in total. The molecule has 0 aromatic carbocycles. The van der Waals surface area contributed by atoms with Gasteiger partial charge in [0, 0.05) is 0 Å². The van der Waals surface area contributed by atoms with Crippen molar-refractivity contribution in [1.29, 1.82) is 0 Å². The third kappa shape index (κ3) is 2.68. The standard InChI is InChI=1S/C9H9F3N2O2/c1-3-16-8(15)7-6(9(10,11)12)4-5(2)13-14-7/h4H,3H2,1-2H3. The first kappa shape index (κ1) is 12.4. The van der Waals surface area contributed by atoms with E-state index in [2.05, 4.69) is 14.9 Å². The molecule has 0 unspecified atom stereocenters. The Balaban J connectivity index is 3.23. The number of ether oxygens (including phenoxy) is 1. The number of alkyl halides is 3. The molecule has 4 nitrogen and oxygen atoms in total. The van der Waals surface area contributed by atoms with Crippen LogP contribution in [0.2, 0.25) is 0 Å². The minimum absolute atomic E-state index is 0.0221. The molecule has 0 spiro atoms. The molecule has 0 radical (unpaired) electrons. The quantitative estimate of drug-likeness (QED) is 0.734. The summed E-state index contributed by atoms with van der Waals surface area (Å²) in [6, 6.07) is 0.763. The molecule has 0 fully saturated rings. The van der Waals surface area contributed by atoms with Gasteiger partial charge in [0.05, 0.1) is 17.9 Å². The summed E-state index contributed by atoms with van der Waals surface area (Å²) >= 11 is 0. The van der Waals surface area contributed by atoms with Crippen LogP contribution in [0, 0.1) is 6.92 Å². The van der Waals surface area contributed by atoms with Crippen LogP contribution in [0.25, 0.3) is 0 Å². The van der Waals surface area contributed by atoms with Crippen LogP contribution in [-0.4, -0.2) is 22.8 Å². The number of hydrogen-bond acceptors (Lipinski definition) is 4. The molecule has 0 aliphatic heterocycles. The lowest BCUT2D eigenvalue weighted by Crippen LogP contribution is -2.18. The van der Waals surface area contributed by atoms with Crippen molar-refractivity contribution >= 4 is 5.97 Å². The Morgan fingerprint density at radius 2 is 2.06 bits per heavy atom. The predicted molar refractivity (Wildman–Crippen MR) is 47.7 cm³/mol. The number of rotatable bonds is 2.